The maximum Gasteiger partial charge on any atom is 0.280 e. The summed E-state index contributed by atoms with van der Waals surface area (Å²) < 4.78 is 51.6. The monoisotopic (exact) mass is 599 g/mol. The third kappa shape index (κ3) is 7.42. The Labute approximate surface area is 266 Å². The molecule has 0 saturated heterocycles. The Morgan fingerprint density at radius 3 is 2.38 bits per heavy atom. The number of anilines is 1. The van der Waals surface area contributed by atoms with Gasteiger partial charge in [-0.2, -0.15) is 13.4 Å². The Bertz CT molecular complexity index is 1700. The van der Waals surface area contributed by atoms with E-state index in [4.69, 9.17) is 24.4 Å². The zero-order chi connectivity index (χ0) is 29.6. The fourth-order valence-electron chi connectivity index (χ4n) is 3.55. The molecule has 0 aliphatic heterocycles. The first-order chi connectivity index (χ1) is 19.7. The van der Waals surface area contributed by atoms with Crippen molar-refractivity contribution < 1.29 is 27.4 Å². The van der Waals surface area contributed by atoms with Crippen LogP contribution in [-0.4, -0.2) is 84.6 Å². The number of nitrogens with zero attached hydrogens (tertiary/aromatic N) is 4. The van der Waals surface area contributed by atoms with Gasteiger partial charge in [0.05, 0.1) is 20.8 Å². The van der Waals surface area contributed by atoms with E-state index in [2.05, 4.69) is 31.2 Å². The second-order valence-corrected chi connectivity index (χ2v) is 10.1. The largest absolute Gasteiger partial charge is 0.493 e. The summed E-state index contributed by atoms with van der Waals surface area (Å²) in [5.41, 5.74) is 2.10. The van der Waals surface area contributed by atoms with Gasteiger partial charge in [0.25, 0.3) is 15.9 Å². The number of methoxy groups -OCH3 is 2. The summed E-state index contributed by atoms with van der Waals surface area (Å²) >= 11 is 0. The molecule has 0 atom stereocenters. The predicted molar refractivity (Wildman–Crippen MR) is 159 cm³/mol. The van der Waals surface area contributed by atoms with Crippen molar-refractivity contribution in [2.75, 3.05) is 25.5 Å². The molecule has 0 spiro atoms. The number of ether oxygens (including phenoxy) is 4. The Kier molecular flexibility index (Phi) is 11.0. The van der Waals surface area contributed by atoms with Crippen molar-refractivity contribution in [2.45, 2.75) is 18.9 Å². The summed E-state index contributed by atoms with van der Waals surface area (Å²) in [6.45, 7) is 7.68. The molecule has 1 radical (unpaired) electrons. The number of sulfonamides is 1. The van der Waals surface area contributed by atoms with Crippen molar-refractivity contribution in [3.63, 3.8) is 0 Å². The number of nitrogens with one attached hydrogen (secondary N) is 2. The Morgan fingerprint density at radius 2 is 1.76 bits per heavy atom. The zero-order valence-electron chi connectivity index (χ0n) is 23.8. The SMILES string of the molecule is C=C(C)c1ccc(S(=O)(=O)Nc2nc(-c3ccnc(C(=N)OCC)c3)nc(OC)c2Oc2ccccc2OC)nc1.[Na]. The average molecular weight is 600 g/mol. The third-order valence-corrected chi connectivity index (χ3v) is 6.84. The van der Waals surface area contributed by atoms with E-state index in [0.717, 1.165) is 5.57 Å². The molecule has 0 fully saturated rings. The summed E-state index contributed by atoms with van der Waals surface area (Å²) in [6.07, 6.45) is 2.88. The van der Waals surface area contributed by atoms with Gasteiger partial charge in [0.2, 0.25) is 11.6 Å². The first-order valence-electron chi connectivity index (χ1n) is 12.3. The maximum absolute atomic E-state index is 13.4. The molecule has 14 heteroatoms. The normalized spacial score (nSPS) is 10.7. The molecular formula is C28H28N6NaO6S. The van der Waals surface area contributed by atoms with E-state index in [9.17, 15) is 8.42 Å². The van der Waals surface area contributed by atoms with Gasteiger partial charge in [-0.15, -0.1) is 0 Å². The number of hydrogen-bond acceptors (Lipinski definition) is 11. The van der Waals surface area contributed by atoms with E-state index in [1.54, 1.807) is 56.3 Å². The minimum absolute atomic E-state index is 0. The van der Waals surface area contributed by atoms with Gasteiger partial charge in [0.15, 0.2) is 28.2 Å². The molecule has 0 bridgehead atoms. The van der Waals surface area contributed by atoms with Gasteiger partial charge in [-0.05, 0) is 55.3 Å². The zero-order valence-corrected chi connectivity index (χ0v) is 26.7. The van der Waals surface area contributed by atoms with Crippen LogP contribution in [0.2, 0.25) is 0 Å². The third-order valence-electron chi connectivity index (χ3n) is 5.58. The molecule has 0 aliphatic rings. The summed E-state index contributed by atoms with van der Waals surface area (Å²) in [5.74, 6) is 0.194. The first-order valence-corrected chi connectivity index (χ1v) is 13.7. The van der Waals surface area contributed by atoms with Crippen LogP contribution in [0.3, 0.4) is 0 Å². The Balaban J connectivity index is 0.00000484. The molecule has 0 aliphatic carbocycles. The van der Waals surface area contributed by atoms with Crippen LogP contribution in [0.25, 0.3) is 17.0 Å². The minimum Gasteiger partial charge on any atom is -0.493 e. The molecule has 213 valence electrons. The summed E-state index contributed by atoms with van der Waals surface area (Å²) in [4.78, 5) is 17.2. The van der Waals surface area contributed by atoms with Gasteiger partial charge >= 0.3 is 0 Å². The van der Waals surface area contributed by atoms with Crippen LogP contribution in [0.1, 0.15) is 25.1 Å². The molecule has 3 heterocycles. The maximum atomic E-state index is 13.4. The topological polar surface area (TPSA) is 158 Å². The van der Waals surface area contributed by atoms with Crippen molar-refractivity contribution in [2.24, 2.45) is 0 Å². The van der Waals surface area contributed by atoms with E-state index in [1.807, 2.05) is 0 Å². The molecule has 4 aromatic rings. The van der Waals surface area contributed by atoms with E-state index >= 15 is 0 Å². The Hall–Kier alpha value is -4.04. The fraction of sp³-hybridized carbons (Fsp3) is 0.179. The second kappa shape index (κ2) is 14.2. The molecule has 0 amide bonds. The molecule has 42 heavy (non-hydrogen) atoms. The quantitative estimate of drug-likeness (QED) is 0.142. The number of pyridine rings is 2. The van der Waals surface area contributed by atoms with Gasteiger partial charge in [-0.3, -0.25) is 15.1 Å². The molecule has 0 saturated carbocycles. The van der Waals surface area contributed by atoms with Crippen LogP contribution in [0.5, 0.6) is 23.1 Å². The van der Waals surface area contributed by atoms with Crippen LogP contribution in [0.4, 0.5) is 5.82 Å². The second-order valence-electron chi connectivity index (χ2n) is 8.45. The summed E-state index contributed by atoms with van der Waals surface area (Å²) in [5, 5.41) is 7.83. The average Bonchev–Trinajstić information content (AvgIpc) is 2.98. The standard InChI is InChI=1S/C28H28N6O6S.Na/c1-6-39-25(29)20-15-18(13-14-30-20)26-32-27(34-41(35,36)23-12-11-19(16-31-23)17(2)3)24(28(33-26)38-5)40-22-10-8-7-9-21(22)37-4;/h7-16,29H,2,6H2,1,3-5H3,(H,32,33,34);. The van der Waals surface area contributed by atoms with Crippen molar-refractivity contribution in [3.05, 3.63) is 78.8 Å². The number of allylic oxidation sites excluding steroid dienone is 1. The van der Waals surface area contributed by atoms with E-state index < -0.39 is 10.0 Å². The summed E-state index contributed by atoms with van der Waals surface area (Å²) in [7, 11) is -1.42. The van der Waals surface area contributed by atoms with E-state index in [-0.39, 0.29) is 81.8 Å². The first kappa shape index (κ1) is 32.5. The minimum atomic E-state index is -4.25. The van der Waals surface area contributed by atoms with Crippen LogP contribution < -0.4 is 18.9 Å². The smallest absolute Gasteiger partial charge is 0.280 e. The number of rotatable bonds is 11. The molecule has 12 nitrogen and oxygen atoms in total. The van der Waals surface area contributed by atoms with Gasteiger partial charge in [0.1, 0.15) is 5.69 Å². The molecule has 0 unspecified atom stereocenters. The molecule has 3 aromatic heterocycles. The van der Waals surface area contributed by atoms with Crippen LogP contribution in [0.15, 0.2) is 72.5 Å². The number of hydrogen-bond donors (Lipinski definition) is 2. The van der Waals surface area contributed by atoms with Crippen molar-refractivity contribution >= 4 is 56.9 Å². The van der Waals surface area contributed by atoms with Crippen molar-refractivity contribution in [1.82, 2.24) is 19.9 Å². The Morgan fingerprint density at radius 1 is 1.02 bits per heavy atom. The van der Waals surface area contributed by atoms with Crippen LogP contribution in [0, 0.1) is 5.41 Å². The molecule has 2 N–H and O–H groups in total. The summed E-state index contributed by atoms with van der Waals surface area (Å²) in [6, 6.07) is 12.9. The van der Waals surface area contributed by atoms with Gasteiger partial charge in [-0.1, -0.05) is 24.8 Å². The molecule has 4 rings (SSSR count). The molecular weight excluding hydrogens is 571 g/mol. The van der Waals surface area contributed by atoms with E-state index in [0.29, 0.717) is 16.9 Å². The van der Waals surface area contributed by atoms with Crippen LogP contribution in [-0.2, 0) is 14.8 Å². The molecule has 1 aromatic carbocycles. The van der Waals surface area contributed by atoms with Gasteiger partial charge < -0.3 is 18.9 Å². The predicted octanol–water partition coefficient (Wildman–Crippen LogP) is 4.56. The number of benzene rings is 1. The van der Waals surface area contributed by atoms with E-state index in [1.165, 1.54) is 32.7 Å². The van der Waals surface area contributed by atoms with Gasteiger partial charge in [0, 0.05) is 47.5 Å². The number of para-hydroxylation sites is 2. The number of aromatic nitrogens is 4. The van der Waals surface area contributed by atoms with Crippen LogP contribution >= 0.6 is 0 Å². The van der Waals surface area contributed by atoms with Gasteiger partial charge in [-0.25, -0.2) is 9.97 Å². The van der Waals surface area contributed by atoms with Crippen molar-refractivity contribution in [3.8, 4) is 34.5 Å². The fourth-order valence-corrected chi connectivity index (χ4v) is 4.49. The van der Waals surface area contributed by atoms with Crippen molar-refractivity contribution in [1.29, 1.82) is 5.41 Å².